The van der Waals surface area contributed by atoms with Crippen molar-refractivity contribution in [2.24, 2.45) is 0 Å². The Kier molecular flexibility index (Phi) is 5.89. The molecule has 0 aliphatic rings. The van der Waals surface area contributed by atoms with Gasteiger partial charge in [0.2, 0.25) is 11.8 Å². The molecule has 0 unspecified atom stereocenters. The van der Waals surface area contributed by atoms with Gasteiger partial charge in [-0.05, 0) is 78.9 Å². The molecular formula is C27H19ClN2O4. The average molecular weight is 471 g/mol. The van der Waals surface area contributed by atoms with Crippen molar-refractivity contribution in [1.82, 2.24) is 4.98 Å². The van der Waals surface area contributed by atoms with Gasteiger partial charge in [-0.25, -0.2) is 4.98 Å². The highest BCUT2D eigenvalue weighted by molar-refractivity contribution is 6.30. The van der Waals surface area contributed by atoms with Gasteiger partial charge in [0.25, 0.3) is 0 Å². The van der Waals surface area contributed by atoms with Crippen LogP contribution in [0.5, 0.6) is 5.75 Å². The first kappa shape index (κ1) is 21.6. The minimum absolute atomic E-state index is 0.272. The lowest BCUT2D eigenvalue weighted by Gasteiger charge is -2.02. The minimum Gasteiger partial charge on any atom is -0.497 e. The van der Waals surface area contributed by atoms with Crippen LogP contribution in [0.15, 0.2) is 93.8 Å². The predicted molar refractivity (Wildman–Crippen MR) is 133 cm³/mol. The van der Waals surface area contributed by atoms with Crippen molar-refractivity contribution in [1.29, 1.82) is 0 Å². The Morgan fingerprint density at radius 1 is 0.941 bits per heavy atom. The molecule has 168 valence electrons. The molecule has 5 rings (SSSR count). The molecule has 2 aromatic heterocycles. The summed E-state index contributed by atoms with van der Waals surface area (Å²) < 4.78 is 16.8. The number of halogens is 1. The molecule has 0 spiro atoms. The molecule has 0 fully saturated rings. The van der Waals surface area contributed by atoms with Gasteiger partial charge in [-0.1, -0.05) is 11.6 Å². The van der Waals surface area contributed by atoms with Gasteiger partial charge in [-0.3, -0.25) is 4.79 Å². The normalized spacial score (nSPS) is 11.2. The van der Waals surface area contributed by atoms with E-state index < -0.39 is 0 Å². The molecular weight excluding hydrogens is 452 g/mol. The van der Waals surface area contributed by atoms with E-state index in [1.54, 1.807) is 43.5 Å². The molecule has 1 amide bonds. The average Bonchev–Trinajstić information content (AvgIpc) is 3.50. The molecule has 0 saturated carbocycles. The summed E-state index contributed by atoms with van der Waals surface area (Å²) in [5, 5.41) is 3.49. The van der Waals surface area contributed by atoms with Gasteiger partial charge < -0.3 is 18.9 Å². The van der Waals surface area contributed by atoms with E-state index in [4.69, 9.17) is 25.2 Å². The van der Waals surface area contributed by atoms with Crippen LogP contribution in [0.3, 0.4) is 0 Å². The number of carbonyl (C=O) groups is 1. The molecule has 34 heavy (non-hydrogen) atoms. The second kappa shape index (κ2) is 9.29. The van der Waals surface area contributed by atoms with Crippen molar-refractivity contribution in [3.8, 4) is 28.5 Å². The maximum atomic E-state index is 12.3. The fraction of sp³-hybridized carbons (Fsp3) is 0.0370. The van der Waals surface area contributed by atoms with Gasteiger partial charge in [-0.2, -0.15) is 0 Å². The minimum atomic E-state index is -0.272. The highest BCUT2D eigenvalue weighted by Crippen LogP contribution is 2.28. The second-order valence-corrected chi connectivity index (χ2v) is 7.90. The summed E-state index contributed by atoms with van der Waals surface area (Å²) in [5.74, 6) is 2.21. The number of ether oxygens (including phenoxy) is 1. The van der Waals surface area contributed by atoms with Crippen LogP contribution >= 0.6 is 11.6 Å². The van der Waals surface area contributed by atoms with Crippen LogP contribution in [-0.2, 0) is 4.79 Å². The van der Waals surface area contributed by atoms with Crippen LogP contribution < -0.4 is 10.1 Å². The molecule has 6 nitrogen and oxygen atoms in total. The smallest absolute Gasteiger partial charge is 0.248 e. The number of aromatic nitrogens is 1. The van der Waals surface area contributed by atoms with Gasteiger partial charge in [0.15, 0.2) is 5.58 Å². The van der Waals surface area contributed by atoms with Crippen LogP contribution in [0.1, 0.15) is 5.76 Å². The summed E-state index contributed by atoms with van der Waals surface area (Å²) in [4.78, 5) is 16.8. The third-order valence-corrected chi connectivity index (χ3v) is 5.40. The third-order valence-electron chi connectivity index (χ3n) is 5.15. The number of amides is 1. The Labute approximate surface area is 200 Å². The zero-order valence-corrected chi connectivity index (χ0v) is 18.9. The van der Waals surface area contributed by atoms with E-state index in [0.29, 0.717) is 45.0 Å². The van der Waals surface area contributed by atoms with Crippen molar-refractivity contribution in [3.05, 3.63) is 95.7 Å². The quantitative estimate of drug-likeness (QED) is 0.268. The van der Waals surface area contributed by atoms with Crippen molar-refractivity contribution < 1.29 is 18.4 Å². The molecule has 0 atom stereocenters. The molecule has 7 heteroatoms. The molecule has 0 radical (unpaired) electrons. The SMILES string of the molecule is COc1ccc2oc(-c3ccc(NC(=O)C=Cc4ccc(-c5ccc(Cl)cc5)o4)cc3)nc2c1. The van der Waals surface area contributed by atoms with Gasteiger partial charge in [0.05, 0.1) is 7.11 Å². The van der Waals surface area contributed by atoms with Gasteiger partial charge in [-0.15, -0.1) is 0 Å². The summed E-state index contributed by atoms with van der Waals surface area (Å²) in [6.07, 6.45) is 3.04. The monoisotopic (exact) mass is 470 g/mol. The van der Waals surface area contributed by atoms with Crippen LogP contribution in [0.4, 0.5) is 5.69 Å². The first-order valence-electron chi connectivity index (χ1n) is 10.5. The van der Waals surface area contributed by atoms with E-state index in [1.807, 2.05) is 48.5 Å². The molecule has 0 bridgehead atoms. The molecule has 0 aliphatic heterocycles. The fourth-order valence-corrected chi connectivity index (χ4v) is 3.53. The fourth-order valence-electron chi connectivity index (χ4n) is 3.41. The number of fused-ring (bicyclic) bond motifs is 1. The van der Waals surface area contributed by atoms with E-state index in [1.165, 1.54) is 6.08 Å². The highest BCUT2D eigenvalue weighted by Gasteiger charge is 2.10. The molecule has 0 saturated heterocycles. The molecule has 2 heterocycles. The Balaban J connectivity index is 1.23. The number of nitrogens with one attached hydrogen (secondary N) is 1. The maximum Gasteiger partial charge on any atom is 0.248 e. The number of furan rings is 1. The lowest BCUT2D eigenvalue weighted by molar-refractivity contribution is -0.111. The summed E-state index contributed by atoms with van der Waals surface area (Å²) in [6, 6.07) is 23.7. The summed E-state index contributed by atoms with van der Waals surface area (Å²) in [5.41, 5.74) is 3.75. The van der Waals surface area contributed by atoms with E-state index in [2.05, 4.69) is 10.3 Å². The van der Waals surface area contributed by atoms with Crippen LogP contribution in [0.25, 0.3) is 40.0 Å². The lowest BCUT2D eigenvalue weighted by atomic mass is 10.2. The summed E-state index contributed by atoms with van der Waals surface area (Å²) in [7, 11) is 1.61. The number of carbonyl (C=O) groups excluding carboxylic acids is 1. The number of hydrogen-bond acceptors (Lipinski definition) is 5. The first-order valence-corrected chi connectivity index (χ1v) is 10.8. The van der Waals surface area contributed by atoms with Crippen LogP contribution in [0, 0.1) is 0 Å². The largest absolute Gasteiger partial charge is 0.497 e. The van der Waals surface area contributed by atoms with Gasteiger partial charge in [0, 0.05) is 34.0 Å². The zero-order chi connectivity index (χ0) is 23.5. The van der Waals surface area contributed by atoms with Crippen molar-refractivity contribution >= 4 is 40.4 Å². The number of hydrogen-bond donors (Lipinski definition) is 1. The lowest BCUT2D eigenvalue weighted by Crippen LogP contribution is -2.07. The highest BCUT2D eigenvalue weighted by atomic mass is 35.5. The van der Waals surface area contributed by atoms with E-state index >= 15 is 0 Å². The number of anilines is 1. The third kappa shape index (κ3) is 4.72. The Morgan fingerprint density at radius 2 is 1.71 bits per heavy atom. The second-order valence-electron chi connectivity index (χ2n) is 7.46. The number of methoxy groups -OCH3 is 1. The van der Waals surface area contributed by atoms with Crippen molar-refractivity contribution in [3.63, 3.8) is 0 Å². The van der Waals surface area contributed by atoms with Crippen LogP contribution in [-0.4, -0.2) is 18.0 Å². The van der Waals surface area contributed by atoms with Crippen molar-refractivity contribution in [2.45, 2.75) is 0 Å². The first-order chi connectivity index (χ1) is 16.6. The molecule has 0 aliphatic carbocycles. The zero-order valence-electron chi connectivity index (χ0n) is 18.1. The predicted octanol–water partition coefficient (Wildman–Crippen LogP) is 7.07. The number of rotatable bonds is 6. The maximum absolute atomic E-state index is 12.3. The van der Waals surface area contributed by atoms with E-state index in [-0.39, 0.29) is 5.91 Å². The Morgan fingerprint density at radius 3 is 2.47 bits per heavy atom. The molecule has 3 aromatic carbocycles. The number of nitrogens with zero attached hydrogens (tertiary/aromatic N) is 1. The number of oxazole rings is 1. The van der Waals surface area contributed by atoms with Crippen LogP contribution in [0.2, 0.25) is 5.02 Å². The Hall–Kier alpha value is -4.29. The van der Waals surface area contributed by atoms with Gasteiger partial charge in [0.1, 0.15) is 22.8 Å². The standard InChI is InChI=1S/C27H19ClN2O4/c1-32-22-11-14-25-23(16-22)30-27(34-25)18-4-8-20(9-5-18)29-26(31)15-12-21-10-13-24(33-21)17-2-6-19(28)7-3-17/h2-16H,1H3,(H,29,31). The summed E-state index contributed by atoms with van der Waals surface area (Å²) in [6.45, 7) is 0. The Bertz CT molecular complexity index is 1480. The van der Waals surface area contributed by atoms with E-state index in [0.717, 1.165) is 11.1 Å². The van der Waals surface area contributed by atoms with E-state index in [9.17, 15) is 4.79 Å². The summed E-state index contributed by atoms with van der Waals surface area (Å²) >= 11 is 5.92. The molecule has 5 aromatic rings. The number of benzene rings is 3. The van der Waals surface area contributed by atoms with Gasteiger partial charge >= 0.3 is 0 Å². The molecule has 1 N–H and O–H groups in total. The van der Waals surface area contributed by atoms with Crippen molar-refractivity contribution in [2.75, 3.05) is 12.4 Å². The topological polar surface area (TPSA) is 77.5 Å².